The summed E-state index contributed by atoms with van der Waals surface area (Å²) < 4.78 is 3.49. The lowest BCUT2D eigenvalue weighted by Crippen LogP contribution is -2.73. The van der Waals surface area contributed by atoms with Gasteiger partial charge in [-0.3, -0.25) is 0 Å². The molecule has 0 spiro atoms. The monoisotopic (exact) mass is 886 g/mol. The Hall–Kier alpha value is -1.97. The Balaban J connectivity index is 1.05. The predicted octanol–water partition coefficient (Wildman–Crippen LogP) is 16.5. The van der Waals surface area contributed by atoms with Gasteiger partial charge in [-0.15, -0.1) is 90.7 Å². The standard InChI is InChI=1S/C44H46S8Si2/c1-7-29-13-15-31(45-29)33-17-19-35(47-33)37-21-23-39(49-37)41-25-27-43(51-41)53(9-3,10-4)54(11-5,12-6)44-28-26-42(52-44)40-24-22-38(50-40)36-20-18-34(48-36)32-16-14-30(8-2)46-32/h13-28H,7-12H2,1-6H3. The third-order valence-electron chi connectivity index (χ3n) is 11.4. The molecule has 0 nitrogen and oxygen atoms in total. The van der Waals surface area contributed by atoms with Crippen LogP contribution in [0.4, 0.5) is 0 Å². The molecule has 0 aliphatic carbocycles. The lowest BCUT2D eigenvalue weighted by Gasteiger charge is -2.46. The van der Waals surface area contributed by atoms with Gasteiger partial charge in [-0.25, -0.2) is 0 Å². The second kappa shape index (κ2) is 16.5. The molecule has 0 bridgehead atoms. The number of hydrogen-bond acceptors (Lipinski definition) is 8. The van der Waals surface area contributed by atoms with Gasteiger partial charge in [0.05, 0.1) is 15.2 Å². The molecule has 0 N–H and O–H groups in total. The quantitative estimate of drug-likeness (QED) is 0.0900. The molecule has 0 saturated heterocycles. The third kappa shape index (κ3) is 7.01. The largest absolute Gasteiger partial charge is 0.144 e. The molecule has 8 aromatic heterocycles. The molecule has 8 aromatic rings. The molecule has 54 heavy (non-hydrogen) atoms. The van der Waals surface area contributed by atoms with Gasteiger partial charge in [0.2, 0.25) is 0 Å². The molecule has 8 rings (SSSR count). The Labute approximate surface area is 355 Å². The fraction of sp³-hybridized carbons (Fsp3) is 0.273. The fourth-order valence-corrected chi connectivity index (χ4v) is 43.0. The van der Waals surface area contributed by atoms with Crippen molar-refractivity contribution in [2.45, 2.75) is 78.6 Å². The third-order valence-corrected chi connectivity index (χ3v) is 45.4. The second-order valence-corrected chi connectivity index (χ2v) is 37.3. The van der Waals surface area contributed by atoms with Crippen molar-refractivity contribution in [3.8, 4) is 58.5 Å². The molecule has 0 amide bonds. The van der Waals surface area contributed by atoms with Crippen LogP contribution in [0.25, 0.3) is 58.5 Å². The van der Waals surface area contributed by atoms with E-state index in [1.807, 2.05) is 68.0 Å². The van der Waals surface area contributed by atoms with E-state index in [0.717, 1.165) is 12.8 Å². The van der Waals surface area contributed by atoms with E-state index in [2.05, 4.69) is 161 Å². The van der Waals surface area contributed by atoms with Gasteiger partial charge in [0.25, 0.3) is 0 Å². The summed E-state index contributed by atoms with van der Waals surface area (Å²) in [6, 6.07) is 43.3. The Morgan fingerprint density at radius 2 is 0.500 bits per heavy atom. The van der Waals surface area contributed by atoms with Crippen molar-refractivity contribution < 1.29 is 0 Å². The summed E-state index contributed by atoms with van der Waals surface area (Å²) in [4.78, 5) is 19.8. The summed E-state index contributed by atoms with van der Waals surface area (Å²) in [6.07, 6.45) is 2.22. The molecule has 8 heterocycles. The first-order chi connectivity index (χ1) is 26.4. The van der Waals surface area contributed by atoms with Crippen LogP contribution in [0, 0.1) is 0 Å². The maximum absolute atomic E-state index is 2.58. The fourth-order valence-electron chi connectivity index (χ4n) is 8.29. The van der Waals surface area contributed by atoms with E-state index >= 15 is 0 Å². The summed E-state index contributed by atoms with van der Waals surface area (Å²) in [5.74, 6) is 0. The summed E-state index contributed by atoms with van der Waals surface area (Å²) in [6.45, 7) is 14.6. The van der Waals surface area contributed by atoms with E-state index in [1.165, 1.54) is 92.5 Å². The van der Waals surface area contributed by atoms with Crippen LogP contribution < -0.4 is 9.00 Å². The molecule has 0 aliphatic rings. The van der Waals surface area contributed by atoms with Crippen LogP contribution in [-0.2, 0) is 12.8 Å². The maximum atomic E-state index is 2.58. The van der Waals surface area contributed by atoms with Crippen molar-refractivity contribution in [2.24, 2.45) is 0 Å². The second-order valence-electron chi connectivity index (χ2n) is 13.8. The van der Waals surface area contributed by atoms with Gasteiger partial charge in [-0.1, -0.05) is 77.9 Å². The lowest BCUT2D eigenvalue weighted by atomic mass is 10.3. The van der Waals surface area contributed by atoms with Gasteiger partial charge >= 0.3 is 0 Å². The zero-order chi connectivity index (χ0) is 37.5. The summed E-state index contributed by atoms with van der Waals surface area (Å²) in [7, 11) is -3.66. The molecule has 0 atom stereocenters. The minimum absolute atomic E-state index is 1.11. The van der Waals surface area contributed by atoms with E-state index in [0.29, 0.717) is 0 Å². The number of aryl methyl sites for hydroxylation is 2. The van der Waals surface area contributed by atoms with Crippen LogP contribution in [-0.4, -0.2) is 15.2 Å². The van der Waals surface area contributed by atoms with E-state index in [4.69, 9.17) is 0 Å². The predicted molar refractivity (Wildman–Crippen MR) is 260 cm³/mol. The first-order valence-corrected chi connectivity index (χ1v) is 31.5. The average Bonchev–Trinajstić information content (AvgIpc) is 4.06. The molecular weight excluding hydrogens is 841 g/mol. The van der Waals surface area contributed by atoms with Crippen LogP contribution in [0.5, 0.6) is 0 Å². The van der Waals surface area contributed by atoms with Gasteiger partial charge in [0.1, 0.15) is 0 Å². The van der Waals surface area contributed by atoms with Crippen LogP contribution in [0.1, 0.15) is 51.3 Å². The molecule has 0 unspecified atom stereocenters. The molecule has 278 valence electrons. The smallest absolute Gasteiger partial charge is 0.0987 e. The molecule has 0 saturated carbocycles. The first kappa shape index (κ1) is 38.9. The van der Waals surface area contributed by atoms with Gasteiger partial charge in [-0.2, -0.15) is 0 Å². The van der Waals surface area contributed by atoms with Crippen molar-refractivity contribution in [3.63, 3.8) is 0 Å². The first-order valence-electron chi connectivity index (χ1n) is 19.2. The highest BCUT2D eigenvalue weighted by Crippen LogP contribution is 2.46. The molecule has 0 aliphatic heterocycles. The minimum atomic E-state index is -1.83. The van der Waals surface area contributed by atoms with Crippen molar-refractivity contribution in [3.05, 3.63) is 107 Å². The molecule has 0 fully saturated rings. The summed E-state index contributed by atoms with van der Waals surface area (Å²) in [5, 5.41) is 0. The maximum Gasteiger partial charge on any atom is 0.0987 e. The van der Waals surface area contributed by atoms with Gasteiger partial charge in [0.15, 0.2) is 0 Å². The normalized spacial score (nSPS) is 12.3. The summed E-state index contributed by atoms with van der Waals surface area (Å²) >= 11 is 16.0. The van der Waals surface area contributed by atoms with Crippen LogP contribution in [0.2, 0.25) is 24.2 Å². The molecule has 0 radical (unpaired) electrons. The van der Waals surface area contributed by atoms with Crippen molar-refractivity contribution in [1.82, 2.24) is 0 Å². The van der Waals surface area contributed by atoms with Crippen molar-refractivity contribution >= 4 is 115 Å². The van der Waals surface area contributed by atoms with Crippen LogP contribution >= 0.6 is 90.7 Å². The van der Waals surface area contributed by atoms with Gasteiger partial charge < -0.3 is 0 Å². The minimum Gasteiger partial charge on any atom is -0.144 e. The van der Waals surface area contributed by atoms with Crippen LogP contribution in [0.15, 0.2) is 97.1 Å². The van der Waals surface area contributed by atoms with Crippen LogP contribution in [0.3, 0.4) is 0 Å². The highest BCUT2D eigenvalue weighted by atomic mass is 32.1. The topological polar surface area (TPSA) is 0 Å². The Morgan fingerprint density at radius 1 is 0.278 bits per heavy atom. The number of rotatable bonds is 15. The SMILES string of the molecule is CCc1ccc(-c2ccc(-c3ccc(-c4ccc([Si](CC)(CC)[Si](CC)(CC)c5ccc(-c6ccc(-c7ccc(-c8ccc(CC)s8)s7)s6)s5)s4)s3)s2)s1. The van der Waals surface area contributed by atoms with E-state index < -0.39 is 15.2 Å². The number of thiophene rings is 8. The highest BCUT2D eigenvalue weighted by Gasteiger charge is 2.54. The average molecular weight is 888 g/mol. The molecular formula is C44H46S8Si2. The Kier molecular flexibility index (Phi) is 11.9. The van der Waals surface area contributed by atoms with E-state index in [1.54, 1.807) is 9.00 Å². The highest BCUT2D eigenvalue weighted by molar-refractivity contribution is 7.60. The van der Waals surface area contributed by atoms with Gasteiger partial charge in [-0.05, 0) is 107 Å². The zero-order valence-corrected chi connectivity index (χ0v) is 40.3. The van der Waals surface area contributed by atoms with E-state index in [-0.39, 0.29) is 0 Å². The zero-order valence-electron chi connectivity index (χ0n) is 31.7. The molecule has 0 aromatic carbocycles. The summed E-state index contributed by atoms with van der Waals surface area (Å²) in [5.41, 5.74) is 0. The molecule has 10 heteroatoms. The Morgan fingerprint density at radius 3 is 0.741 bits per heavy atom. The lowest BCUT2D eigenvalue weighted by molar-refractivity contribution is 1.19. The Bertz CT molecular complexity index is 2290. The van der Waals surface area contributed by atoms with E-state index in [9.17, 15) is 0 Å². The van der Waals surface area contributed by atoms with Crippen molar-refractivity contribution in [2.75, 3.05) is 0 Å². The van der Waals surface area contributed by atoms with Crippen molar-refractivity contribution in [1.29, 1.82) is 0 Å². The number of hydrogen-bond donors (Lipinski definition) is 0. The van der Waals surface area contributed by atoms with Gasteiger partial charge in [0, 0.05) is 68.3 Å².